The molecular formula is C24H18N6O5. The van der Waals surface area contributed by atoms with Crippen molar-refractivity contribution >= 4 is 22.7 Å². The van der Waals surface area contributed by atoms with Crippen LogP contribution in [0.3, 0.4) is 0 Å². The molecule has 0 spiro atoms. The fourth-order valence-electron chi connectivity index (χ4n) is 3.66. The lowest BCUT2D eigenvalue weighted by Crippen LogP contribution is -2.39. The van der Waals surface area contributed by atoms with Crippen LogP contribution in [0.5, 0.6) is 5.75 Å². The molecule has 2 aromatic carbocycles. The third-order valence-electron chi connectivity index (χ3n) is 5.39. The third kappa shape index (κ3) is 4.00. The number of aromatic nitrogens is 5. The summed E-state index contributed by atoms with van der Waals surface area (Å²) >= 11 is 0. The highest BCUT2D eigenvalue weighted by Crippen LogP contribution is 2.40. The Morgan fingerprint density at radius 2 is 1.71 bits per heavy atom. The van der Waals surface area contributed by atoms with Crippen LogP contribution in [0, 0.1) is 0 Å². The van der Waals surface area contributed by atoms with Gasteiger partial charge in [-0.25, -0.2) is 9.67 Å². The maximum atomic E-state index is 12.7. The molecule has 1 unspecified atom stereocenters. The second kappa shape index (κ2) is 8.80. The van der Waals surface area contributed by atoms with Crippen molar-refractivity contribution in [2.24, 2.45) is 5.73 Å². The number of aromatic hydroxyl groups is 1. The molecule has 3 aromatic heterocycles. The lowest BCUT2D eigenvalue weighted by Gasteiger charge is -2.09. The molecule has 11 nitrogen and oxygen atoms in total. The molecule has 3 heterocycles. The van der Waals surface area contributed by atoms with E-state index in [2.05, 4.69) is 20.5 Å². The van der Waals surface area contributed by atoms with Gasteiger partial charge in [0.1, 0.15) is 17.1 Å². The number of carboxylic acid groups (broad SMARTS) is 1. The largest absolute Gasteiger partial charge is 0.503 e. The average Bonchev–Trinajstić information content (AvgIpc) is 3.53. The summed E-state index contributed by atoms with van der Waals surface area (Å²) in [6.45, 7) is 0.430. The van der Waals surface area contributed by atoms with Gasteiger partial charge in [0.05, 0.1) is 18.1 Å². The van der Waals surface area contributed by atoms with Crippen molar-refractivity contribution in [3.63, 3.8) is 0 Å². The first-order valence-corrected chi connectivity index (χ1v) is 10.5. The number of pyridine rings is 1. The molecule has 0 amide bonds. The van der Waals surface area contributed by atoms with Crippen LogP contribution >= 0.6 is 0 Å². The van der Waals surface area contributed by atoms with E-state index in [-0.39, 0.29) is 17.0 Å². The number of carbonyl (C=O) groups excluding carboxylic acids is 1. The summed E-state index contributed by atoms with van der Waals surface area (Å²) in [5.74, 6) is -3.31. The molecule has 5 rings (SSSR count). The molecule has 0 aliphatic heterocycles. The van der Waals surface area contributed by atoms with Gasteiger partial charge in [0.15, 0.2) is 17.5 Å². The number of nitrogens with zero attached hydrogens (tertiary/aromatic N) is 5. The normalized spacial score (nSPS) is 12.0. The number of carboxylic acids is 1. The van der Waals surface area contributed by atoms with Crippen molar-refractivity contribution < 1.29 is 24.3 Å². The quantitative estimate of drug-likeness (QED) is 0.237. The van der Waals surface area contributed by atoms with Gasteiger partial charge in [-0.15, -0.1) is 5.10 Å². The fourth-order valence-corrected chi connectivity index (χ4v) is 3.66. The Hall–Kier alpha value is -4.90. The summed E-state index contributed by atoms with van der Waals surface area (Å²) < 4.78 is 6.98. The van der Waals surface area contributed by atoms with Crippen molar-refractivity contribution in [3.8, 4) is 28.4 Å². The lowest BCUT2D eigenvalue weighted by atomic mass is 10.0. The second-order valence-electron chi connectivity index (χ2n) is 7.73. The van der Waals surface area contributed by atoms with Gasteiger partial charge in [0.25, 0.3) is 0 Å². The lowest BCUT2D eigenvalue weighted by molar-refractivity contribution is -0.137. The molecule has 4 N–H and O–H groups in total. The Labute approximate surface area is 197 Å². The van der Waals surface area contributed by atoms with E-state index in [1.165, 1.54) is 0 Å². The standard InChI is InChI=1S/C24H18N6O5/c25-17(24(33)34)21(31)20-22(32)23-16(18(28-35-23)14-9-5-2-6-10-14)19(26-20)15-12-30(29-27-15)11-13-7-3-1-4-8-13/h1-10,12,17,32H,11,25H2,(H,33,34). The van der Waals surface area contributed by atoms with Crippen LogP contribution in [0.25, 0.3) is 33.6 Å². The van der Waals surface area contributed by atoms with Crippen LogP contribution in [0.1, 0.15) is 16.1 Å². The van der Waals surface area contributed by atoms with Gasteiger partial charge in [-0.3, -0.25) is 9.59 Å². The second-order valence-corrected chi connectivity index (χ2v) is 7.73. The van der Waals surface area contributed by atoms with E-state index < -0.39 is 29.2 Å². The number of hydrogen-bond donors (Lipinski definition) is 3. The number of Topliss-reactive ketones (excluding diaryl/α,β-unsaturated/α-hetero) is 1. The molecule has 0 bridgehead atoms. The zero-order valence-electron chi connectivity index (χ0n) is 18.1. The number of rotatable bonds is 7. The smallest absolute Gasteiger partial charge is 0.328 e. The minimum absolute atomic E-state index is 0.137. The molecule has 0 saturated heterocycles. The van der Waals surface area contributed by atoms with E-state index in [4.69, 9.17) is 10.3 Å². The van der Waals surface area contributed by atoms with Crippen molar-refractivity contribution in [1.29, 1.82) is 0 Å². The van der Waals surface area contributed by atoms with Crippen molar-refractivity contribution in [2.45, 2.75) is 12.6 Å². The van der Waals surface area contributed by atoms with E-state index in [1.54, 1.807) is 23.0 Å². The van der Waals surface area contributed by atoms with Crippen molar-refractivity contribution in [2.75, 3.05) is 0 Å². The topological polar surface area (TPSA) is 170 Å². The summed E-state index contributed by atoms with van der Waals surface area (Å²) in [6, 6.07) is 16.7. The monoisotopic (exact) mass is 470 g/mol. The number of aliphatic carboxylic acids is 1. The highest BCUT2D eigenvalue weighted by atomic mass is 16.5. The molecule has 0 aliphatic rings. The predicted octanol–water partition coefficient (Wildman–Crippen LogP) is 2.50. The zero-order valence-corrected chi connectivity index (χ0v) is 18.1. The van der Waals surface area contributed by atoms with Crippen LogP contribution < -0.4 is 5.73 Å². The van der Waals surface area contributed by atoms with Crippen LogP contribution in [0.4, 0.5) is 0 Å². The Kier molecular flexibility index (Phi) is 5.51. The Morgan fingerprint density at radius 3 is 2.40 bits per heavy atom. The fraction of sp³-hybridized carbons (Fsp3) is 0.0833. The summed E-state index contributed by atoms with van der Waals surface area (Å²) in [4.78, 5) is 28.3. The SMILES string of the molecule is NC(C(=O)O)C(=O)c1nc(-c2cn(Cc3ccccc3)nn2)c2c(-c3ccccc3)noc2c1O. The van der Waals surface area contributed by atoms with Crippen molar-refractivity contribution in [3.05, 3.63) is 78.1 Å². The highest BCUT2D eigenvalue weighted by Gasteiger charge is 2.32. The molecule has 11 heteroatoms. The van der Waals surface area contributed by atoms with Crippen molar-refractivity contribution in [1.82, 2.24) is 25.1 Å². The number of hydrogen-bond acceptors (Lipinski definition) is 9. The van der Waals surface area contributed by atoms with Gasteiger partial charge in [-0.2, -0.15) is 0 Å². The molecule has 1 atom stereocenters. The molecule has 35 heavy (non-hydrogen) atoms. The van der Waals surface area contributed by atoms with Crippen LogP contribution in [-0.4, -0.2) is 53.1 Å². The zero-order chi connectivity index (χ0) is 24.5. The van der Waals surface area contributed by atoms with Gasteiger partial charge in [-0.05, 0) is 5.56 Å². The highest BCUT2D eigenvalue weighted by molar-refractivity contribution is 6.15. The molecule has 5 aromatic rings. The Balaban J connectivity index is 1.70. The summed E-state index contributed by atoms with van der Waals surface area (Å²) in [7, 11) is 0. The number of carbonyl (C=O) groups is 2. The minimum Gasteiger partial charge on any atom is -0.503 e. The first kappa shape index (κ1) is 21.9. The maximum absolute atomic E-state index is 12.7. The Bertz CT molecular complexity index is 1550. The van der Waals surface area contributed by atoms with E-state index in [1.807, 2.05) is 48.5 Å². The van der Waals surface area contributed by atoms with E-state index in [0.717, 1.165) is 5.56 Å². The minimum atomic E-state index is -1.93. The number of ketones is 1. The average molecular weight is 470 g/mol. The van der Waals surface area contributed by atoms with E-state index in [0.29, 0.717) is 23.2 Å². The molecule has 0 saturated carbocycles. The summed E-state index contributed by atoms with van der Waals surface area (Å²) in [5.41, 5.74) is 7.22. The molecular weight excluding hydrogens is 452 g/mol. The molecule has 0 radical (unpaired) electrons. The summed E-state index contributed by atoms with van der Waals surface area (Å²) in [6.07, 6.45) is 1.62. The number of nitrogens with two attached hydrogens (primary N) is 1. The van der Waals surface area contributed by atoms with Gasteiger partial charge in [0, 0.05) is 5.56 Å². The van der Waals surface area contributed by atoms with Crippen LogP contribution in [0.15, 0.2) is 71.4 Å². The molecule has 0 aliphatic carbocycles. The van der Waals surface area contributed by atoms with Crippen LogP contribution in [0.2, 0.25) is 0 Å². The molecule has 0 fully saturated rings. The van der Waals surface area contributed by atoms with Gasteiger partial charge in [0.2, 0.25) is 11.4 Å². The first-order chi connectivity index (χ1) is 16.9. The number of benzene rings is 2. The van der Waals surface area contributed by atoms with Gasteiger partial charge in [-0.1, -0.05) is 71.0 Å². The predicted molar refractivity (Wildman–Crippen MR) is 123 cm³/mol. The van der Waals surface area contributed by atoms with E-state index >= 15 is 0 Å². The van der Waals surface area contributed by atoms with Crippen LogP contribution in [-0.2, 0) is 11.3 Å². The third-order valence-corrected chi connectivity index (χ3v) is 5.39. The molecule has 174 valence electrons. The van der Waals surface area contributed by atoms with Gasteiger partial charge >= 0.3 is 5.97 Å². The maximum Gasteiger partial charge on any atom is 0.328 e. The summed E-state index contributed by atoms with van der Waals surface area (Å²) in [5, 5.41) is 32.7. The van der Waals surface area contributed by atoms with E-state index in [9.17, 15) is 19.8 Å². The van der Waals surface area contributed by atoms with Gasteiger partial charge < -0.3 is 20.5 Å². The Morgan fingerprint density at radius 1 is 1.03 bits per heavy atom. The first-order valence-electron chi connectivity index (χ1n) is 10.5. The number of fused-ring (bicyclic) bond motifs is 1.